The highest BCUT2D eigenvalue weighted by Crippen LogP contribution is 2.26. The number of carbonyl (C=O) groups is 2. The number of oxazole rings is 1. The maximum absolute atomic E-state index is 12.7. The van der Waals surface area contributed by atoms with Gasteiger partial charge in [-0.15, -0.1) is 0 Å². The molecule has 0 saturated carbocycles. The number of piperidine rings is 1. The molecule has 1 amide bonds. The molecule has 2 unspecified atom stereocenters. The van der Waals surface area contributed by atoms with E-state index in [1.54, 1.807) is 0 Å². The minimum atomic E-state index is -0.605. The second-order valence-electron chi connectivity index (χ2n) is 8.35. The van der Waals surface area contributed by atoms with Crippen LogP contribution in [0, 0.1) is 11.8 Å². The van der Waals surface area contributed by atoms with Gasteiger partial charge in [0.1, 0.15) is 0 Å². The van der Waals surface area contributed by atoms with Gasteiger partial charge in [0.25, 0.3) is 0 Å². The summed E-state index contributed by atoms with van der Waals surface area (Å²) in [4.78, 5) is 29.4. The van der Waals surface area contributed by atoms with E-state index in [0.717, 1.165) is 25.9 Å². The number of carbonyl (C=O) groups excluding carboxylic acids is 2. The number of nitrogens with two attached hydrogens (primary N) is 1. The molecule has 7 nitrogen and oxygen atoms in total. The Morgan fingerprint density at radius 3 is 2.63 bits per heavy atom. The molecule has 1 aromatic heterocycles. The van der Waals surface area contributed by atoms with E-state index >= 15 is 0 Å². The fourth-order valence-corrected chi connectivity index (χ4v) is 3.34. The number of nitrogens with one attached hydrogen (secondary N) is 2. The SMILES string of the molecule is CC(C)Cc1nc(C2CCCNC2)oc1C(=O)CNC(=O)C(N)CC(C)C. The fraction of sp³-hybridized carbons (Fsp3) is 0.750. The molecule has 1 aliphatic rings. The van der Waals surface area contributed by atoms with Crippen LogP contribution in [0.1, 0.15) is 75.0 Å². The number of hydrogen-bond acceptors (Lipinski definition) is 6. The molecule has 0 radical (unpaired) electrons. The van der Waals surface area contributed by atoms with Crippen molar-refractivity contribution in [1.29, 1.82) is 0 Å². The van der Waals surface area contributed by atoms with Crippen LogP contribution >= 0.6 is 0 Å². The highest BCUT2D eigenvalue weighted by Gasteiger charge is 2.27. The molecule has 0 spiro atoms. The number of ketones is 1. The Bertz CT molecular complexity index is 633. The minimum Gasteiger partial charge on any atom is -0.437 e. The monoisotopic (exact) mass is 378 g/mol. The molecule has 4 N–H and O–H groups in total. The summed E-state index contributed by atoms with van der Waals surface area (Å²) in [5.74, 6) is 1.22. The van der Waals surface area contributed by atoms with Crippen molar-refractivity contribution in [3.63, 3.8) is 0 Å². The maximum Gasteiger partial charge on any atom is 0.237 e. The number of hydrogen-bond donors (Lipinski definition) is 3. The highest BCUT2D eigenvalue weighted by atomic mass is 16.4. The Kier molecular flexibility index (Phi) is 7.98. The summed E-state index contributed by atoms with van der Waals surface area (Å²) >= 11 is 0. The largest absolute Gasteiger partial charge is 0.437 e. The summed E-state index contributed by atoms with van der Waals surface area (Å²) < 4.78 is 5.89. The van der Waals surface area contributed by atoms with Crippen molar-refractivity contribution in [2.45, 2.75) is 65.3 Å². The van der Waals surface area contributed by atoms with Crippen LogP contribution < -0.4 is 16.4 Å². The lowest BCUT2D eigenvalue weighted by Gasteiger charge is -2.19. The van der Waals surface area contributed by atoms with Crippen LogP contribution in [0.15, 0.2) is 4.42 Å². The second kappa shape index (κ2) is 9.99. The van der Waals surface area contributed by atoms with E-state index in [4.69, 9.17) is 10.2 Å². The Morgan fingerprint density at radius 2 is 2.04 bits per heavy atom. The number of amides is 1. The van der Waals surface area contributed by atoms with Gasteiger partial charge in [0.05, 0.1) is 18.3 Å². The van der Waals surface area contributed by atoms with Gasteiger partial charge in [0.2, 0.25) is 11.7 Å². The van der Waals surface area contributed by atoms with Crippen LogP contribution in [0.5, 0.6) is 0 Å². The molecule has 1 aromatic rings. The zero-order valence-electron chi connectivity index (χ0n) is 17.0. The van der Waals surface area contributed by atoms with Crippen molar-refractivity contribution in [1.82, 2.24) is 15.6 Å². The molecule has 152 valence electrons. The summed E-state index contributed by atoms with van der Waals surface area (Å²) in [6.07, 6.45) is 3.33. The predicted molar refractivity (Wildman–Crippen MR) is 105 cm³/mol. The smallest absolute Gasteiger partial charge is 0.237 e. The average Bonchev–Trinajstić information content (AvgIpc) is 3.02. The first-order valence-corrected chi connectivity index (χ1v) is 10.0. The van der Waals surface area contributed by atoms with Crippen molar-refractivity contribution in [2.24, 2.45) is 17.6 Å². The summed E-state index contributed by atoms with van der Waals surface area (Å²) in [6, 6.07) is -0.605. The molecule has 1 saturated heterocycles. The van der Waals surface area contributed by atoms with Gasteiger partial charge >= 0.3 is 0 Å². The molecular weight excluding hydrogens is 344 g/mol. The van der Waals surface area contributed by atoms with Crippen molar-refractivity contribution in [2.75, 3.05) is 19.6 Å². The zero-order chi connectivity index (χ0) is 20.0. The van der Waals surface area contributed by atoms with E-state index in [1.165, 1.54) is 0 Å². The summed E-state index contributed by atoms with van der Waals surface area (Å²) in [6.45, 7) is 9.88. The van der Waals surface area contributed by atoms with Gasteiger partial charge in [-0.2, -0.15) is 0 Å². The van der Waals surface area contributed by atoms with Crippen LogP contribution in [0.3, 0.4) is 0 Å². The van der Waals surface area contributed by atoms with E-state index in [2.05, 4.69) is 29.5 Å². The first kappa shape index (κ1) is 21.6. The fourth-order valence-electron chi connectivity index (χ4n) is 3.34. The normalized spacial score (nSPS) is 18.7. The van der Waals surface area contributed by atoms with Gasteiger partial charge in [-0.05, 0) is 44.1 Å². The van der Waals surface area contributed by atoms with Crippen LogP contribution in [-0.4, -0.2) is 42.4 Å². The molecule has 0 aromatic carbocycles. The third-order valence-corrected chi connectivity index (χ3v) is 4.70. The van der Waals surface area contributed by atoms with E-state index in [1.807, 2.05) is 13.8 Å². The average molecular weight is 379 g/mol. The minimum absolute atomic E-state index is 0.118. The Labute approximate surface area is 161 Å². The molecule has 0 bridgehead atoms. The summed E-state index contributed by atoms with van der Waals surface area (Å²) in [5.41, 5.74) is 6.57. The Hall–Kier alpha value is -1.73. The van der Waals surface area contributed by atoms with Crippen molar-refractivity contribution in [3.05, 3.63) is 17.3 Å². The van der Waals surface area contributed by atoms with Crippen molar-refractivity contribution in [3.8, 4) is 0 Å². The standard InChI is InChI=1S/C20H34N4O3/c1-12(2)8-15(21)19(26)23-11-17(25)18-16(9-13(3)4)24-20(27-18)14-6-5-7-22-10-14/h12-15,22H,5-11,21H2,1-4H3,(H,23,26). The first-order valence-electron chi connectivity index (χ1n) is 10.0. The van der Waals surface area contributed by atoms with Crippen molar-refractivity contribution >= 4 is 11.7 Å². The molecule has 1 aliphatic heterocycles. The van der Waals surface area contributed by atoms with E-state index in [9.17, 15) is 9.59 Å². The maximum atomic E-state index is 12.7. The van der Waals surface area contributed by atoms with E-state index < -0.39 is 6.04 Å². The Morgan fingerprint density at radius 1 is 1.30 bits per heavy atom. The topological polar surface area (TPSA) is 110 Å². The molecule has 2 atom stereocenters. The third kappa shape index (κ3) is 6.43. The first-order chi connectivity index (χ1) is 12.8. The van der Waals surface area contributed by atoms with Gasteiger partial charge < -0.3 is 20.8 Å². The lowest BCUT2D eigenvalue weighted by Crippen LogP contribution is -2.43. The molecule has 0 aliphatic carbocycles. The quantitative estimate of drug-likeness (QED) is 0.567. The van der Waals surface area contributed by atoms with Crippen LogP contribution in [0.2, 0.25) is 0 Å². The molecular formula is C20H34N4O3. The van der Waals surface area contributed by atoms with E-state index in [-0.39, 0.29) is 29.9 Å². The van der Waals surface area contributed by atoms with Crippen LogP contribution in [0.4, 0.5) is 0 Å². The zero-order valence-corrected chi connectivity index (χ0v) is 17.0. The van der Waals surface area contributed by atoms with Gasteiger partial charge in [-0.3, -0.25) is 9.59 Å². The second-order valence-corrected chi connectivity index (χ2v) is 8.35. The lowest BCUT2D eigenvalue weighted by atomic mass is 10.00. The van der Waals surface area contributed by atoms with Crippen LogP contribution in [-0.2, 0) is 11.2 Å². The van der Waals surface area contributed by atoms with Gasteiger partial charge in [0.15, 0.2) is 11.7 Å². The molecule has 2 heterocycles. The predicted octanol–water partition coefficient (Wildman–Crippen LogP) is 2.01. The molecule has 7 heteroatoms. The van der Waals surface area contributed by atoms with Gasteiger partial charge in [-0.25, -0.2) is 4.98 Å². The van der Waals surface area contributed by atoms with Gasteiger partial charge in [0, 0.05) is 12.5 Å². The molecule has 2 rings (SSSR count). The highest BCUT2D eigenvalue weighted by molar-refractivity contribution is 5.98. The number of Topliss-reactive ketones (excluding diaryl/α,β-unsaturated/α-hetero) is 1. The van der Waals surface area contributed by atoms with Gasteiger partial charge in [-0.1, -0.05) is 27.7 Å². The summed E-state index contributed by atoms with van der Waals surface area (Å²) in [7, 11) is 0. The van der Waals surface area contributed by atoms with Crippen molar-refractivity contribution < 1.29 is 14.0 Å². The number of rotatable bonds is 9. The third-order valence-electron chi connectivity index (χ3n) is 4.70. The van der Waals surface area contributed by atoms with Crippen LogP contribution in [0.25, 0.3) is 0 Å². The number of aromatic nitrogens is 1. The molecule has 1 fully saturated rings. The molecule has 27 heavy (non-hydrogen) atoms. The Balaban J connectivity index is 2.06. The number of nitrogens with zero attached hydrogens (tertiary/aromatic N) is 1. The van der Waals surface area contributed by atoms with E-state index in [0.29, 0.717) is 36.3 Å². The summed E-state index contributed by atoms with van der Waals surface area (Å²) in [5, 5.41) is 5.99. The lowest BCUT2D eigenvalue weighted by molar-refractivity contribution is -0.122.